The smallest absolute Gasteiger partial charge is 0.257 e. The van der Waals surface area contributed by atoms with E-state index in [1.54, 1.807) is 36.0 Å². The van der Waals surface area contributed by atoms with Crippen LogP contribution < -0.4 is 4.74 Å². The molecule has 1 aliphatic heterocycles. The maximum absolute atomic E-state index is 12.9. The number of carbonyl (C=O) groups excluding carboxylic acids is 1. The Balaban J connectivity index is 1.85. The SMILES string of the molecule is CCn1cc(C(=O)N2CCC[C@H]2[C@@](C)(O)c2ccc(OC)cc2)cn1. The highest BCUT2D eigenvalue weighted by molar-refractivity contribution is 5.94. The lowest BCUT2D eigenvalue weighted by Gasteiger charge is -2.37. The Morgan fingerprint density at radius 3 is 2.72 bits per heavy atom. The minimum Gasteiger partial charge on any atom is -0.497 e. The number of amides is 1. The first kappa shape index (κ1) is 17.5. The quantitative estimate of drug-likeness (QED) is 0.905. The zero-order valence-electron chi connectivity index (χ0n) is 15.0. The number of aliphatic hydroxyl groups is 1. The Bertz CT molecular complexity index is 737. The molecule has 3 rings (SSSR count). The van der Waals surface area contributed by atoms with E-state index in [4.69, 9.17) is 4.74 Å². The zero-order chi connectivity index (χ0) is 18.0. The van der Waals surface area contributed by atoms with Gasteiger partial charge in [0, 0.05) is 19.3 Å². The van der Waals surface area contributed by atoms with Crippen molar-refractivity contribution in [3.63, 3.8) is 0 Å². The van der Waals surface area contributed by atoms with Crippen molar-refractivity contribution >= 4 is 5.91 Å². The summed E-state index contributed by atoms with van der Waals surface area (Å²) in [6.07, 6.45) is 5.01. The molecular formula is C19H25N3O3. The first-order valence-electron chi connectivity index (χ1n) is 8.67. The Hall–Kier alpha value is -2.34. The Kier molecular flexibility index (Phi) is 4.81. The Morgan fingerprint density at radius 1 is 1.40 bits per heavy atom. The highest BCUT2D eigenvalue weighted by Gasteiger charge is 2.43. The van der Waals surface area contributed by atoms with Gasteiger partial charge in [-0.2, -0.15) is 5.10 Å². The third-order valence-corrected chi connectivity index (χ3v) is 5.04. The predicted molar refractivity (Wildman–Crippen MR) is 94.5 cm³/mol. The minimum absolute atomic E-state index is 0.0732. The summed E-state index contributed by atoms with van der Waals surface area (Å²) < 4.78 is 6.92. The van der Waals surface area contributed by atoms with Crippen molar-refractivity contribution in [3.05, 3.63) is 47.8 Å². The number of aromatic nitrogens is 2. The highest BCUT2D eigenvalue weighted by atomic mass is 16.5. The van der Waals surface area contributed by atoms with Gasteiger partial charge < -0.3 is 14.7 Å². The van der Waals surface area contributed by atoms with Crippen LogP contribution in [0.3, 0.4) is 0 Å². The molecule has 0 saturated carbocycles. The lowest BCUT2D eigenvalue weighted by atomic mass is 9.86. The molecule has 6 heteroatoms. The van der Waals surface area contributed by atoms with Crippen LogP contribution in [-0.4, -0.2) is 45.4 Å². The second-order valence-electron chi connectivity index (χ2n) is 6.62. The molecule has 1 saturated heterocycles. The van der Waals surface area contributed by atoms with Crippen LogP contribution in [-0.2, 0) is 12.1 Å². The summed E-state index contributed by atoms with van der Waals surface area (Å²) in [7, 11) is 1.61. The van der Waals surface area contributed by atoms with Crippen LogP contribution in [0.15, 0.2) is 36.7 Å². The summed E-state index contributed by atoms with van der Waals surface area (Å²) in [6, 6.07) is 7.11. The van der Waals surface area contributed by atoms with E-state index >= 15 is 0 Å². The molecule has 0 aliphatic carbocycles. The number of benzene rings is 1. The number of methoxy groups -OCH3 is 1. The van der Waals surface area contributed by atoms with E-state index in [1.165, 1.54) is 0 Å². The van der Waals surface area contributed by atoms with Gasteiger partial charge in [-0.05, 0) is 44.4 Å². The van der Waals surface area contributed by atoms with Gasteiger partial charge in [0.15, 0.2) is 0 Å². The van der Waals surface area contributed by atoms with E-state index in [0.29, 0.717) is 12.1 Å². The number of carbonyl (C=O) groups is 1. The first-order valence-corrected chi connectivity index (χ1v) is 8.67. The molecule has 2 atom stereocenters. The van der Waals surface area contributed by atoms with Crippen molar-refractivity contribution in [2.24, 2.45) is 0 Å². The lowest BCUT2D eigenvalue weighted by Crippen LogP contribution is -2.48. The molecule has 25 heavy (non-hydrogen) atoms. The van der Waals surface area contributed by atoms with Crippen LogP contribution in [0.2, 0.25) is 0 Å². The second kappa shape index (κ2) is 6.88. The maximum atomic E-state index is 12.9. The summed E-state index contributed by atoms with van der Waals surface area (Å²) in [5, 5.41) is 15.4. The van der Waals surface area contributed by atoms with Gasteiger partial charge in [0.05, 0.1) is 24.9 Å². The van der Waals surface area contributed by atoms with Gasteiger partial charge in [-0.15, -0.1) is 0 Å². The fourth-order valence-corrected chi connectivity index (χ4v) is 3.53. The van der Waals surface area contributed by atoms with Gasteiger partial charge in [-0.1, -0.05) is 12.1 Å². The van der Waals surface area contributed by atoms with E-state index in [2.05, 4.69) is 5.10 Å². The van der Waals surface area contributed by atoms with Gasteiger partial charge in [-0.3, -0.25) is 9.48 Å². The Morgan fingerprint density at radius 2 is 2.12 bits per heavy atom. The van der Waals surface area contributed by atoms with Gasteiger partial charge in [0.25, 0.3) is 5.91 Å². The molecule has 2 heterocycles. The largest absolute Gasteiger partial charge is 0.497 e. The molecule has 1 fully saturated rings. The van der Waals surface area contributed by atoms with E-state index in [-0.39, 0.29) is 11.9 Å². The van der Waals surface area contributed by atoms with Crippen molar-refractivity contribution in [2.45, 2.75) is 44.9 Å². The van der Waals surface area contributed by atoms with E-state index in [9.17, 15) is 9.90 Å². The van der Waals surface area contributed by atoms with E-state index in [1.807, 2.05) is 31.2 Å². The third-order valence-electron chi connectivity index (χ3n) is 5.04. The minimum atomic E-state index is -1.13. The van der Waals surface area contributed by atoms with Crippen LogP contribution in [0.1, 0.15) is 42.6 Å². The molecular weight excluding hydrogens is 318 g/mol. The molecule has 0 radical (unpaired) electrons. The molecule has 0 unspecified atom stereocenters. The number of aryl methyl sites for hydroxylation is 1. The van der Waals surface area contributed by atoms with Crippen molar-refractivity contribution in [1.82, 2.24) is 14.7 Å². The van der Waals surface area contributed by atoms with Crippen LogP contribution in [0, 0.1) is 0 Å². The number of ether oxygens (including phenoxy) is 1. The van der Waals surface area contributed by atoms with E-state index < -0.39 is 5.60 Å². The molecule has 6 nitrogen and oxygen atoms in total. The molecule has 1 aliphatic rings. The standard InChI is InChI=1S/C19H25N3O3/c1-4-21-13-14(12-20-21)18(23)22-11-5-6-17(22)19(2,24)15-7-9-16(25-3)10-8-15/h7-10,12-13,17,24H,4-6,11H2,1-3H3/t17-,19-/m0/s1. The number of nitrogens with zero attached hydrogens (tertiary/aromatic N) is 3. The number of rotatable bonds is 5. The fraction of sp³-hybridized carbons (Fsp3) is 0.474. The van der Waals surface area contributed by atoms with Crippen LogP contribution in [0.25, 0.3) is 0 Å². The normalized spacial score (nSPS) is 19.7. The van der Waals surface area contributed by atoms with Gasteiger partial charge in [-0.25, -0.2) is 0 Å². The van der Waals surface area contributed by atoms with E-state index in [0.717, 1.165) is 30.7 Å². The van der Waals surface area contributed by atoms with Gasteiger partial charge in [0.2, 0.25) is 0 Å². The van der Waals surface area contributed by atoms with Crippen LogP contribution in [0.5, 0.6) is 5.75 Å². The average molecular weight is 343 g/mol. The number of likely N-dealkylation sites (tertiary alicyclic amines) is 1. The van der Waals surface area contributed by atoms with Crippen molar-refractivity contribution in [2.75, 3.05) is 13.7 Å². The monoisotopic (exact) mass is 343 g/mol. The summed E-state index contributed by atoms with van der Waals surface area (Å²) in [4.78, 5) is 14.7. The zero-order valence-corrected chi connectivity index (χ0v) is 15.0. The van der Waals surface area contributed by atoms with Gasteiger partial charge >= 0.3 is 0 Å². The lowest BCUT2D eigenvalue weighted by molar-refractivity contribution is -0.0177. The fourth-order valence-electron chi connectivity index (χ4n) is 3.53. The molecule has 0 spiro atoms. The van der Waals surface area contributed by atoms with Crippen molar-refractivity contribution in [1.29, 1.82) is 0 Å². The summed E-state index contributed by atoms with van der Waals surface area (Å²) in [5.74, 6) is 0.668. The Labute approximate surface area is 148 Å². The average Bonchev–Trinajstić information content (AvgIpc) is 3.30. The molecule has 2 aromatic rings. The number of hydrogen-bond acceptors (Lipinski definition) is 4. The molecule has 1 aromatic heterocycles. The maximum Gasteiger partial charge on any atom is 0.257 e. The predicted octanol–water partition coefficient (Wildman–Crippen LogP) is 2.42. The van der Waals surface area contributed by atoms with Gasteiger partial charge in [0.1, 0.15) is 11.4 Å². The van der Waals surface area contributed by atoms with Crippen LogP contribution >= 0.6 is 0 Å². The summed E-state index contributed by atoms with van der Waals surface area (Å²) >= 11 is 0. The summed E-state index contributed by atoms with van der Waals surface area (Å²) in [5.41, 5.74) is 0.223. The summed E-state index contributed by atoms with van der Waals surface area (Å²) in [6.45, 7) is 5.13. The van der Waals surface area contributed by atoms with Crippen molar-refractivity contribution < 1.29 is 14.6 Å². The molecule has 134 valence electrons. The highest BCUT2D eigenvalue weighted by Crippen LogP contribution is 2.36. The topological polar surface area (TPSA) is 67.6 Å². The van der Waals surface area contributed by atoms with Crippen molar-refractivity contribution in [3.8, 4) is 5.75 Å². The third kappa shape index (κ3) is 3.26. The second-order valence-corrected chi connectivity index (χ2v) is 6.62. The molecule has 1 N–H and O–H groups in total. The molecule has 1 aromatic carbocycles. The first-order chi connectivity index (χ1) is 12.0. The van der Waals surface area contributed by atoms with Crippen LogP contribution in [0.4, 0.5) is 0 Å². The molecule has 0 bridgehead atoms. The number of hydrogen-bond donors (Lipinski definition) is 1. The molecule has 1 amide bonds.